The van der Waals surface area contributed by atoms with Gasteiger partial charge in [0.25, 0.3) is 5.54 Å². The molecule has 184 valence electrons. The van der Waals surface area contributed by atoms with Crippen molar-refractivity contribution in [3.8, 4) is 5.75 Å². The first-order chi connectivity index (χ1) is 17.7. The third-order valence-electron chi connectivity index (χ3n) is 7.57. The van der Waals surface area contributed by atoms with Crippen LogP contribution in [0.5, 0.6) is 5.75 Å². The molecule has 4 aliphatic rings. The number of carboxylic acid groups (broad SMARTS) is 1. The van der Waals surface area contributed by atoms with Crippen LogP contribution in [0.1, 0.15) is 45.5 Å². The van der Waals surface area contributed by atoms with Crippen molar-refractivity contribution in [1.82, 2.24) is 0 Å². The Morgan fingerprint density at radius 2 is 1.57 bits per heavy atom. The van der Waals surface area contributed by atoms with Gasteiger partial charge >= 0.3 is 11.9 Å². The van der Waals surface area contributed by atoms with Crippen molar-refractivity contribution in [3.05, 3.63) is 105 Å². The predicted octanol–water partition coefficient (Wildman–Crippen LogP) is 3.10. The van der Waals surface area contributed by atoms with Gasteiger partial charge in [-0.1, -0.05) is 48.5 Å². The minimum absolute atomic E-state index is 0.0660. The minimum atomic E-state index is -1.98. The van der Waals surface area contributed by atoms with Gasteiger partial charge in [-0.25, -0.2) is 9.69 Å². The molecule has 37 heavy (non-hydrogen) atoms. The first-order valence-electron chi connectivity index (χ1n) is 11.5. The fourth-order valence-electron chi connectivity index (χ4n) is 6.36. The van der Waals surface area contributed by atoms with Gasteiger partial charge in [0, 0.05) is 28.9 Å². The molecule has 1 N–H and O–H groups in total. The maximum atomic E-state index is 14.0. The molecule has 3 aliphatic carbocycles. The highest BCUT2D eigenvalue weighted by molar-refractivity contribution is 6.24. The van der Waals surface area contributed by atoms with E-state index < -0.39 is 57.5 Å². The van der Waals surface area contributed by atoms with E-state index in [1.807, 2.05) is 0 Å². The van der Waals surface area contributed by atoms with Crippen molar-refractivity contribution in [2.75, 3.05) is 4.90 Å². The third kappa shape index (κ3) is 2.75. The number of amides is 2. The molecule has 3 aromatic rings. The lowest BCUT2D eigenvalue weighted by Crippen LogP contribution is -2.57. The molecule has 1 fully saturated rings. The fourth-order valence-corrected chi connectivity index (χ4v) is 6.36. The summed E-state index contributed by atoms with van der Waals surface area (Å²) < 4.78 is 4.95. The lowest BCUT2D eigenvalue weighted by atomic mass is 9.51. The van der Waals surface area contributed by atoms with Crippen LogP contribution >= 0.6 is 0 Å². The Labute approximate surface area is 209 Å². The van der Waals surface area contributed by atoms with Crippen molar-refractivity contribution < 1.29 is 33.9 Å². The average Bonchev–Trinajstić information content (AvgIpc) is 3.14. The van der Waals surface area contributed by atoms with Gasteiger partial charge < -0.3 is 9.84 Å². The van der Waals surface area contributed by atoms with Crippen LogP contribution in [0.4, 0.5) is 5.69 Å². The monoisotopic (exact) mass is 498 g/mol. The van der Waals surface area contributed by atoms with E-state index in [2.05, 4.69) is 0 Å². The zero-order valence-corrected chi connectivity index (χ0v) is 19.3. The molecule has 1 saturated heterocycles. The van der Waals surface area contributed by atoms with Crippen LogP contribution in [0.3, 0.4) is 0 Å². The van der Waals surface area contributed by atoms with E-state index >= 15 is 0 Å². The van der Waals surface area contributed by atoms with Gasteiger partial charge in [0.15, 0.2) is 0 Å². The molecule has 1 aliphatic heterocycles. The molecule has 0 aromatic heterocycles. The third-order valence-corrected chi connectivity index (χ3v) is 7.57. The maximum Gasteiger partial charge on any atom is 0.339 e. The molecule has 0 radical (unpaired) electrons. The van der Waals surface area contributed by atoms with Crippen LogP contribution in [0.15, 0.2) is 66.7 Å². The normalized spacial score (nSPS) is 24.8. The summed E-state index contributed by atoms with van der Waals surface area (Å²) in [7, 11) is 0. The van der Waals surface area contributed by atoms with Crippen LogP contribution in [0.25, 0.3) is 0 Å². The summed E-state index contributed by atoms with van der Waals surface area (Å²) in [6, 6.07) is 17.2. The second kappa shape index (κ2) is 7.57. The second-order valence-electron chi connectivity index (χ2n) is 9.27. The zero-order valence-electron chi connectivity index (χ0n) is 19.3. The molecule has 2 atom stereocenters. The van der Waals surface area contributed by atoms with Gasteiger partial charge in [0.1, 0.15) is 17.2 Å². The summed E-state index contributed by atoms with van der Waals surface area (Å²) in [5, 5.41) is 22.6. The van der Waals surface area contributed by atoms with Crippen molar-refractivity contribution in [2.24, 2.45) is 11.8 Å². The summed E-state index contributed by atoms with van der Waals surface area (Å²) in [5.41, 5.74) is -0.474. The molecule has 2 unspecified atom stereocenters. The summed E-state index contributed by atoms with van der Waals surface area (Å²) in [6.07, 6.45) is 0. The molecule has 3 aromatic carbocycles. The molecule has 10 heteroatoms. The summed E-state index contributed by atoms with van der Waals surface area (Å²) in [4.78, 5) is 64.5. The van der Waals surface area contributed by atoms with Gasteiger partial charge in [-0.15, -0.1) is 0 Å². The maximum absolute atomic E-state index is 14.0. The first-order valence-corrected chi connectivity index (χ1v) is 11.5. The summed E-state index contributed by atoms with van der Waals surface area (Å²) in [5.74, 6) is -6.81. The number of ether oxygens (including phenoxy) is 1. The van der Waals surface area contributed by atoms with E-state index in [4.69, 9.17) is 4.74 Å². The first kappa shape index (κ1) is 22.6. The van der Waals surface area contributed by atoms with Gasteiger partial charge in [0.2, 0.25) is 11.8 Å². The number of hydrogen-bond acceptors (Lipinski definition) is 7. The summed E-state index contributed by atoms with van der Waals surface area (Å²) in [6.45, 7) is 1.11. The van der Waals surface area contributed by atoms with E-state index in [1.54, 1.807) is 48.5 Å². The number of carbonyl (C=O) groups is 4. The number of esters is 1. The highest BCUT2D eigenvalue weighted by Gasteiger charge is 2.74. The molecule has 0 saturated carbocycles. The van der Waals surface area contributed by atoms with Gasteiger partial charge in [-0.05, 0) is 29.3 Å². The zero-order chi connectivity index (χ0) is 26.2. The highest BCUT2D eigenvalue weighted by Crippen LogP contribution is 2.64. The molecule has 0 spiro atoms. The van der Waals surface area contributed by atoms with Crippen LogP contribution in [-0.2, 0) is 19.9 Å². The van der Waals surface area contributed by atoms with Gasteiger partial charge in [-0.2, -0.15) is 0 Å². The number of benzene rings is 3. The standard InChI is InChI=1S/C27H18N2O8/c1-13(30)37-20-11-10-14(12-17(20)26(33)34)28-24(31)22-21-15-6-2-4-8-18(15)27(29(35)36,23(22)25(28)32)19-9-5-3-7-16(19)21/h2-12,21-23H,1H3,(H,33,34). The molecule has 7 rings (SSSR count). The van der Waals surface area contributed by atoms with Crippen LogP contribution in [-0.4, -0.2) is 33.8 Å². The van der Waals surface area contributed by atoms with Gasteiger partial charge in [-0.3, -0.25) is 24.5 Å². The highest BCUT2D eigenvalue weighted by atomic mass is 16.6. The molecule has 2 bridgehead atoms. The van der Waals surface area contributed by atoms with E-state index in [0.29, 0.717) is 22.3 Å². The molecule has 2 amide bonds. The van der Waals surface area contributed by atoms with Crippen molar-refractivity contribution in [3.63, 3.8) is 0 Å². The Hall–Kier alpha value is -4.86. The summed E-state index contributed by atoms with van der Waals surface area (Å²) >= 11 is 0. The second-order valence-corrected chi connectivity index (χ2v) is 9.27. The average molecular weight is 498 g/mol. The Kier molecular flexibility index (Phi) is 4.62. The largest absolute Gasteiger partial charge is 0.478 e. The topological polar surface area (TPSA) is 144 Å². The number of nitrogens with zero attached hydrogens (tertiary/aromatic N) is 2. The van der Waals surface area contributed by atoms with Gasteiger partial charge in [0.05, 0.1) is 11.6 Å². The molecular formula is C27H18N2O8. The van der Waals surface area contributed by atoms with Crippen LogP contribution in [0, 0.1) is 22.0 Å². The predicted molar refractivity (Wildman–Crippen MR) is 127 cm³/mol. The molecule has 1 heterocycles. The molecular weight excluding hydrogens is 480 g/mol. The number of aromatic carboxylic acids is 1. The van der Waals surface area contributed by atoms with Crippen LogP contribution < -0.4 is 9.64 Å². The lowest BCUT2D eigenvalue weighted by molar-refractivity contribution is -0.578. The van der Waals surface area contributed by atoms with E-state index in [1.165, 1.54) is 12.1 Å². The Balaban J connectivity index is 1.57. The number of hydrogen-bond donors (Lipinski definition) is 1. The number of anilines is 1. The van der Waals surface area contributed by atoms with Crippen molar-refractivity contribution in [1.29, 1.82) is 0 Å². The Morgan fingerprint density at radius 3 is 2.11 bits per heavy atom. The molecule has 10 nitrogen and oxygen atoms in total. The Bertz CT molecular complexity index is 1530. The Morgan fingerprint density at radius 1 is 0.973 bits per heavy atom. The number of imide groups is 1. The number of nitro groups is 1. The van der Waals surface area contributed by atoms with Crippen molar-refractivity contribution >= 4 is 29.4 Å². The van der Waals surface area contributed by atoms with Crippen LogP contribution in [0.2, 0.25) is 0 Å². The van der Waals surface area contributed by atoms with E-state index in [0.717, 1.165) is 17.9 Å². The fraction of sp³-hybridized carbons (Fsp3) is 0.185. The lowest BCUT2D eigenvalue weighted by Gasteiger charge is -2.48. The number of carboxylic acids is 1. The smallest absolute Gasteiger partial charge is 0.339 e. The van der Waals surface area contributed by atoms with Crippen molar-refractivity contribution in [2.45, 2.75) is 18.4 Å². The minimum Gasteiger partial charge on any atom is -0.478 e. The number of carbonyl (C=O) groups excluding carboxylic acids is 3. The van der Waals surface area contributed by atoms with E-state index in [-0.39, 0.29) is 11.4 Å². The SMILES string of the molecule is CC(=O)Oc1ccc(N2C(=O)C3C4c5ccccc5C([N+](=O)[O-])(c5ccccc54)C3C2=O)cc1C(=O)O. The quantitative estimate of drug-likeness (QED) is 0.190. The van der Waals surface area contributed by atoms with E-state index in [9.17, 15) is 34.4 Å². The number of rotatable bonds is 4.